The van der Waals surface area contributed by atoms with E-state index in [0.717, 1.165) is 19.4 Å². The highest BCUT2D eigenvalue weighted by molar-refractivity contribution is 7.89. The van der Waals surface area contributed by atoms with Crippen LogP contribution in [0.4, 0.5) is 5.69 Å². The van der Waals surface area contributed by atoms with Gasteiger partial charge >= 0.3 is 5.97 Å². The molecule has 4 rings (SSSR count). The molecule has 25 heavy (non-hydrogen) atoms. The molecule has 1 unspecified atom stereocenters. The highest BCUT2D eigenvalue weighted by atomic mass is 32.2. The van der Waals surface area contributed by atoms with Crippen molar-refractivity contribution in [1.82, 2.24) is 4.72 Å². The van der Waals surface area contributed by atoms with Crippen LogP contribution in [0.5, 0.6) is 11.5 Å². The number of nitrogens with one attached hydrogen (secondary N) is 1. The van der Waals surface area contributed by atoms with E-state index in [1.807, 2.05) is 4.90 Å². The Bertz CT molecular complexity index is 957. The number of rotatable bonds is 3. The first kappa shape index (κ1) is 15.9. The number of carboxylic acids is 1. The van der Waals surface area contributed by atoms with E-state index in [9.17, 15) is 13.2 Å². The fourth-order valence-corrected chi connectivity index (χ4v) is 4.72. The van der Waals surface area contributed by atoms with Crippen molar-refractivity contribution in [3.8, 4) is 11.5 Å². The second-order valence-corrected chi connectivity index (χ2v) is 7.72. The zero-order chi connectivity index (χ0) is 17.6. The zero-order valence-corrected chi connectivity index (χ0v) is 14.0. The quantitative estimate of drug-likeness (QED) is 0.873. The van der Waals surface area contributed by atoms with Crippen LogP contribution in [0.15, 0.2) is 47.4 Å². The van der Waals surface area contributed by atoms with Gasteiger partial charge in [-0.15, -0.1) is 0 Å². The van der Waals surface area contributed by atoms with Crippen molar-refractivity contribution < 1.29 is 23.1 Å². The number of ether oxygens (including phenoxy) is 1. The second kappa shape index (κ2) is 5.75. The van der Waals surface area contributed by atoms with Crippen molar-refractivity contribution in [1.29, 1.82) is 0 Å². The maximum absolute atomic E-state index is 12.5. The molecule has 2 aromatic rings. The number of carbonyl (C=O) groups is 1. The largest absolute Gasteiger partial charge is 0.478 e. The van der Waals surface area contributed by atoms with Gasteiger partial charge in [0.25, 0.3) is 0 Å². The van der Waals surface area contributed by atoms with Crippen molar-refractivity contribution in [3.05, 3.63) is 48.0 Å². The lowest BCUT2D eigenvalue weighted by Crippen LogP contribution is -2.48. The predicted molar refractivity (Wildman–Crippen MR) is 90.6 cm³/mol. The Morgan fingerprint density at radius 2 is 2.00 bits per heavy atom. The molecule has 0 amide bonds. The van der Waals surface area contributed by atoms with Crippen molar-refractivity contribution in [2.24, 2.45) is 0 Å². The number of nitrogens with zero attached hydrogens (tertiary/aromatic N) is 1. The lowest BCUT2D eigenvalue weighted by atomic mass is 10.2. The highest BCUT2D eigenvalue weighted by Gasteiger charge is 2.37. The zero-order valence-electron chi connectivity index (χ0n) is 13.2. The lowest BCUT2D eigenvalue weighted by molar-refractivity contribution is 0.0696. The number of aromatic carboxylic acids is 1. The van der Waals surface area contributed by atoms with Crippen LogP contribution in [0.2, 0.25) is 0 Å². The minimum atomic E-state index is -3.60. The van der Waals surface area contributed by atoms with Crippen LogP contribution in [0.3, 0.4) is 0 Å². The van der Waals surface area contributed by atoms with Crippen LogP contribution >= 0.6 is 0 Å². The first-order valence-electron chi connectivity index (χ1n) is 7.88. The van der Waals surface area contributed by atoms with E-state index in [-0.39, 0.29) is 16.6 Å². The summed E-state index contributed by atoms with van der Waals surface area (Å²) in [7, 11) is -3.60. The van der Waals surface area contributed by atoms with Gasteiger partial charge in [0.2, 0.25) is 10.0 Å². The van der Waals surface area contributed by atoms with Gasteiger partial charge in [0.1, 0.15) is 16.4 Å². The molecule has 7 nitrogen and oxygen atoms in total. The van der Waals surface area contributed by atoms with E-state index in [4.69, 9.17) is 9.84 Å². The van der Waals surface area contributed by atoms with Crippen LogP contribution in [-0.4, -0.2) is 32.2 Å². The molecule has 0 aromatic heterocycles. The van der Waals surface area contributed by atoms with E-state index < -0.39 is 16.0 Å². The molecule has 1 atom stereocenters. The Labute approximate surface area is 144 Å². The maximum atomic E-state index is 12.5. The number of fused-ring (bicyclic) bond motifs is 3. The minimum Gasteiger partial charge on any atom is -0.478 e. The van der Waals surface area contributed by atoms with Gasteiger partial charge < -0.3 is 14.7 Å². The van der Waals surface area contributed by atoms with Gasteiger partial charge in [-0.05, 0) is 43.2 Å². The number of carboxylic acid groups (broad SMARTS) is 1. The van der Waals surface area contributed by atoms with Crippen molar-refractivity contribution >= 4 is 21.7 Å². The van der Waals surface area contributed by atoms with Crippen molar-refractivity contribution in [3.63, 3.8) is 0 Å². The van der Waals surface area contributed by atoms with Gasteiger partial charge in [-0.1, -0.05) is 6.07 Å². The van der Waals surface area contributed by atoms with Gasteiger partial charge in [0.05, 0.1) is 17.4 Å². The van der Waals surface area contributed by atoms with E-state index >= 15 is 0 Å². The number of hydrogen-bond acceptors (Lipinski definition) is 5. The molecule has 2 aliphatic heterocycles. The summed E-state index contributed by atoms with van der Waals surface area (Å²) in [6.45, 7) is 0.807. The summed E-state index contributed by atoms with van der Waals surface area (Å²) in [5.41, 5.74) is 0.776. The Morgan fingerprint density at radius 3 is 2.80 bits per heavy atom. The standard InChI is InChI=1S/C17H16N2O5S/c20-17(21)11-3-1-4-12(9-11)24-13-6-7-14-15(10-13)25(22,23)18-16-5-2-8-19(14)16/h1,3-4,6-7,9-10,16,18H,2,5,8H2,(H,20,21). The van der Waals surface area contributed by atoms with Crippen LogP contribution in [0.25, 0.3) is 0 Å². The number of benzene rings is 2. The molecular weight excluding hydrogens is 344 g/mol. The van der Waals surface area contributed by atoms with Gasteiger partial charge in [-0.2, -0.15) is 4.72 Å². The molecule has 130 valence electrons. The van der Waals surface area contributed by atoms with Gasteiger partial charge in [-0.3, -0.25) is 0 Å². The third-order valence-corrected chi connectivity index (χ3v) is 5.88. The summed E-state index contributed by atoms with van der Waals surface area (Å²) in [4.78, 5) is 13.3. The first-order chi connectivity index (χ1) is 11.9. The summed E-state index contributed by atoms with van der Waals surface area (Å²) in [5, 5.41) is 9.04. The summed E-state index contributed by atoms with van der Waals surface area (Å²) in [5.74, 6) is -0.382. The molecule has 0 bridgehead atoms. The Kier molecular flexibility index (Phi) is 3.66. The Hall–Kier alpha value is -2.58. The topological polar surface area (TPSA) is 95.9 Å². The van der Waals surface area contributed by atoms with Gasteiger partial charge in [-0.25, -0.2) is 13.2 Å². The van der Waals surface area contributed by atoms with Crippen molar-refractivity contribution in [2.75, 3.05) is 11.4 Å². The molecule has 2 aromatic carbocycles. The summed E-state index contributed by atoms with van der Waals surface area (Å²) in [6.07, 6.45) is 1.54. The monoisotopic (exact) mass is 360 g/mol. The normalized spacial score (nSPS) is 20.6. The Balaban J connectivity index is 1.70. The molecule has 0 radical (unpaired) electrons. The van der Waals surface area contributed by atoms with E-state index in [2.05, 4.69) is 4.72 Å². The van der Waals surface area contributed by atoms with E-state index in [0.29, 0.717) is 17.2 Å². The van der Waals surface area contributed by atoms with E-state index in [1.54, 1.807) is 24.3 Å². The second-order valence-electron chi connectivity index (χ2n) is 6.04. The summed E-state index contributed by atoms with van der Waals surface area (Å²) < 4.78 is 33.3. The predicted octanol–water partition coefficient (Wildman–Crippen LogP) is 2.40. The SMILES string of the molecule is O=C(O)c1cccc(Oc2ccc3c(c2)S(=O)(=O)NC2CCCN32)c1. The molecule has 0 aliphatic carbocycles. The number of anilines is 1. The van der Waals surface area contributed by atoms with Crippen LogP contribution < -0.4 is 14.4 Å². The number of sulfonamides is 1. The maximum Gasteiger partial charge on any atom is 0.335 e. The van der Waals surface area contributed by atoms with E-state index in [1.165, 1.54) is 18.2 Å². The Morgan fingerprint density at radius 1 is 1.20 bits per heavy atom. The van der Waals surface area contributed by atoms with Crippen molar-refractivity contribution in [2.45, 2.75) is 23.9 Å². The molecule has 1 fully saturated rings. The van der Waals surface area contributed by atoms with Crippen LogP contribution in [-0.2, 0) is 10.0 Å². The lowest BCUT2D eigenvalue weighted by Gasteiger charge is -2.33. The van der Waals surface area contributed by atoms with Crippen LogP contribution in [0.1, 0.15) is 23.2 Å². The fourth-order valence-electron chi connectivity index (χ4n) is 3.26. The highest BCUT2D eigenvalue weighted by Crippen LogP contribution is 2.38. The fraction of sp³-hybridized carbons (Fsp3) is 0.235. The minimum absolute atomic E-state index is 0.102. The molecule has 0 saturated carbocycles. The molecule has 0 spiro atoms. The average Bonchev–Trinajstić information content (AvgIpc) is 3.02. The third kappa shape index (κ3) is 2.83. The molecule has 2 N–H and O–H groups in total. The number of hydrogen-bond donors (Lipinski definition) is 2. The van der Waals surface area contributed by atoms with Crippen LogP contribution in [0, 0.1) is 0 Å². The molecule has 8 heteroatoms. The summed E-state index contributed by atoms with van der Waals surface area (Å²) >= 11 is 0. The molecule has 2 heterocycles. The summed E-state index contributed by atoms with van der Waals surface area (Å²) in [6, 6.07) is 11.0. The molecule has 1 saturated heterocycles. The first-order valence-corrected chi connectivity index (χ1v) is 9.37. The van der Waals surface area contributed by atoms with Gasteiger partial charge in [0.15, 0.2) is 0 Å². The van der Waals surface area contributed by atoms with Gasteiger partial charge in [0, 0.05) is 12.6 Å². The molecular formula is C17H16N2O5S. The smallest absolute Gasteiger partial charge is 0.335 e. The molecule has 2 aliphatic rings. The average molecular weight is 360 g/mol. The third-order valence-electron chi connectivity index (χ3n) is 4.39.